The minimum atomic E-state index is -0.161. The van der Waals surface area contributed by atoms with Crippen LogP contribution in [0.5, 0.6) is 0 Å². The summed E-state index contributed by atoms with van der Waals surface area (Å²) in [5, 5.41) is 8.60. The van der Waals surface area contributed by atoms with Gasteiger partial charge in [0.1, 0.15) is 0 Å². The number of para-hydroxylation sites is 2. The van der Waals surface area contributed by atoms with Crippen LogP contribution in [0.2, 0.25) is 0 Å². The van der Waals surface area contributed by atoms with Crippen LogP contribution >= 0.6 is 0 Å². The highest BCUT2D eigenvalue weighted by molar-refractivity contribution is 6.05. The molecule has 0 atom stereocenters. The molecule has 1 amide bonds. The second kappa shape index (κ2) is 7.51. The average molecular weight is 384 g/mol. The van der Waals surface area contributed by atoms with Gasteiger partial charge < -0.3 is 5.32 Å². The number of nitrogens with one attached hydrogen (secondary N) is 1. The Balaban J connectivity index is 1.67. The standard InChI is InChI=1S/C24H24N4O/c1-15(2)19-10-7-8-16(3)23(19)27-24(29)20-14-25-28(17(20)4)22-13-12-18-9-5-6-11-21(18)26-22/h5-15H,1-4H3,(H,27,29). The fraction of sp³-hybridized carbons (Fsp3) is 0.208. The zero-order chi connectivity index (χ0) is 20.5. The van der Waals surface area contributed by atoms with Gasteiger partial charge in [-0.1, -0.05) is 50.2 Å². The number of pyridine rings is 1. The van der Waals surface area contributed by atoms with Crippen molar-refractivity contribution in [3.8, 4) is 5.82 Å². The van der Waals surface area contributed by atoms with Crippen molar-refractivity contribution in [3.63, 3.8) is 0 Å². The Morgan fingerprint density at radius 1 is 1.00 bits per heavy atom. The van der Waals surface area contributed by atoms with Crippen molar-refractivity contribution >= 4 is 22.5 Å². The second-order valence-corrected chi connectivity index (χ2v) is 7.57. The van der Waals surface area contributed by atoms with Crippen molar-refractivity contribution in [2.24, 2.45) is 0 Å². The van der Waals surface area contributed by atoms with Crippen LogP contribution in [0.1, 0.15) is 46.9 Å². The molecule has 4 rings (SSSR count). The summed E-state index contributed by atoms with van der Waals surface area (Å²) < 4.78 is 1.71. The van der Waals surface area contributed by atoms with E-state index in [0.29, 0.717) is 17.3 Å². The van der Waals surface area contributed by atoms with Crippen LogP contribution in [0, 0.1) is 13.8 Å². The number of carbonyl (C=O) groups excluding carboxylic acids is 1. The lowest BCUT2D eigenvalue weighted by atomic mass is 9.98. The molecule has 29 heavy (non-hydrogen) atoms. The fourth-order valence-electron chi connectivity index (χ4n) is 3.56. The number of aryl methyl sites for hydroxylation is 1. The van der Waals surface area contributed by atoms with Crippen LogP contribution in [0.3, 0.4) is 0 Å². The number of carbonyl (C=O) groups is 1. The van der Waals surface area contributed by atoms with Crippen molar-refractivity contribution in [1.82, 2.24) is 14.8 Å². The van der Waals surface area contributed by atoms with Gasteiger partial charge in [-0.3, -0.25) is 4.79 Å². The Hall–Kier alpha value is -3.47. The van der Waals surface area contributed by atoms with E-state index in [1.54, 1.807) is 10.9 Å². The monoisotopic (exact) mass is 384 g/mol. The molecule has 0 aliphatic heterocycles. The van der Waals surface area contributed by atoms with E-state index in [1.165, 1.54) is 0 Å². The second-order valence-electron chi connectivity index (χ2n) is 7.57. The molecule has 1 N–H and O–H groups in total. The van der Waals surface area contributed by atoms with Gasteiger partial charge in [-0.15, -0.1) is 0 Å². The number of hydrogen-bond acceptors (Lipinski definition) is 3. The third kappa shape index (κ3) is 3.51. The third-order valence-electron chi connectivity index (χ3n) is 5.22. The van der Waals surface area contributed by atoms with Crippen LogP contribution in [-0.2, 0) is 0 Å². The van der Waals surface area contributed by atoms with Crippen molar-refractivity contribution in [3.05, 3.63) is 83.2 Å². The van der Waals surface area contributed by atoms with Gasteiger partial charge >= 0.3 is 0 Å². The first-order chi connectivity index (χ1) is 14.0. The summed E-state index contributed by atoms with van der Waals surface area (Å²) in [6.45, 7) is 8.15. The molecule has 2 heterocycles. The minimum Gasteiger partial charge on any atom is -0.321 e. The summed E-state index contributed by atoms with van der Waals surface area (Å²) in [4.78, 5) is 17.7. The van der Waals surface area contributed by atoms with Crippen molar-refractivity contribution in [2.45, 2.75) is 33.6 Å². The Labute approximate surface area is 170 Å². The normalized spacial score (nSPS) is 11.2. The third-order valence-corrected chi connectivity index (χ3v) is 5.22. The van der Waals surface area contributed by atoms with Gasteiger partial charge in [-0.2, -0.15) is 5.10 Å². The molecule has 2 aromatic carbocycles. The Bertz CT molecular complexity index is 1210. The van der Waals surface area contributed by atoms with Gasteiger partial charge in [0, 0.05) is 11.1 Å². The van der Waals surface area contributed by atoms with Gasteiger partial charge in [0.05, 0.1) is 23.0 Å². The molecule has 0 radical (unpaired) electrons. The summed E-state index contributed by atoms with van der Waals surface area (Å²) in [5.74, 6) is 0.848. The SMILES string of the molecule is Cc1cccc(C(C)C)c1NC(=O)c1cnn(-c2ccc3ccccc3n2)c1C. The molecule has 0 bridgehead atoms. The Kier molecular flexibility index (Phi) is 4.89. The summed E-state index contributed by atoms with van der Waals surface area (Å²) in [6.07, 6.45) is 1.61. The highest BCUT2D eigenvalue weighted by Crippen LogP contribution is 2.28. The highest BCUT2D eigenvalue weighted by Gasteiger charge is 2.18. The molecule has 0 spiro atoms. The van der Waals surface area contributed by atoms with Crippen LogP contribution in [0.25, 0.3) is 16.7 Å². The number of amides is 1. The molecule has 5 heteroatoms. The number of fused-ring (bicyclic) bond motifs is 1. The van der Waals surface area contributed by atoms with E-state index in [-0.39, 0.29) is 5.91 Å². The van der Waals surface area contributed by atoms with Crippen molar-refractivity contribution in [1.29, 1.82) is 0 Å². The van der Waals surface area contributed by atoms with E-state index in [0.717, 1.165) is 33.4 Å². The zero-order valence-electron chi connectivity index (χ0n) is 17.1. The van der Waals surface area contributed by atoms with E-state index in [2.05, 4.69) is 35.3 Å². The summed E-state index contributed by atoms with van der Waals surface area (Å²) in [6, 6.07) is 18.0. The summed E-state index contributed by atoms with van der Waals surface area (Å²) in [5.41, 5.74) is 5.24. The van der Waals surface area contributed by atoms with Gasteiger partial charge in [-0.05, 0) is 49.1 Å². The van der Waals surface area contributed by atoms with Gasteiger partial charge in [0.2, 0.25) is 0 Å². The number of hydrogen-bond donors (Lipinski definition) is 1. The largest absolute Gasteiger partial charge is 0.321 e. The highest BCUT2D eigenvalue weighted by atomic mass is 16.1. The molecule has 5 nitrogen and oxygen atoms in total. The molecular weight excluding hydrogens is 360 g/mol. The number of rotatable bonds is 4. The van der Waals surface area contributed by atoms with E-state index in [4.69, 9.17) is 0 Å². The minimum absolute atomic E-state index is 0.161. The Morgan fingerprint density at radius 3 is 2.59 bits per heavy atom. The average Bonchev–Trinajstić information content (AvgIpc) is 3.10. The molecule has 0 fully saturated rings. The maximum Gasteiger partial charge on any atom is 0.259 e. The molecule has 4 aromatic rings. The molecular formula is C24H24N4O. The zero-order valence-corrected chi connectivity index (χ0v) is 17.1. The van der Waals surface area contributed by atoms with Crippen LogP contribution in [0.4, 0.5) is 5.69 Å². The lowest BCUT2D eigenvalue weighted by Gasteiger charge is -2.16. The van der Waals surface area contributed by atoms with Crippen molar-refractivity contribution < 1.29 is 4.79 Å². The molecule has 0 aliphatic carbocycles. The van der Waals surface area contributed by atoms with E-state index in [9.17, 15) is 4.79 Å². The molecule has 146 valence electrons. The van der Waals surface area contributed by atoms with E-state index >= 15 is 0 Å². The van der Waals surface area contributed by atoms with Crippen molar-refractivity contribution in [2.75, 3.05) is 5.32 Å². The predicted molar refractivity (Wildman–Crippen MR) is 117 cm³/mol. The van der Waals surface area contributed by atoms with E-state index < -0.39 is 0 Å². The molecule has 2 aromatic heterocycles. The first kappa shape index (κ1) is 18.9. The molecule has 0 saturated heterocycles. The van der Waals surface area contributed by atoms with Gasteiger partial charge in [0.25, 0.3) is 5.91 Å². The Morgan fingerprint density at radius 2 is 1.79 bits per heavy atom. The van der Waals surface area contributed by atoms with Crippen LogP contribution < -0.4 is 5.32 Å². The quantitative estimate of drug-likeness (QED) is 0.511. The lowest BCUT2D eigenvalue weighted by Crippen LogP contribution is -2.16. The predicted octanol–water partition coefficient (Wildman–Crippen LogP) is 5.41. The number of aromatic nitrogens is 3. The van der Waals surface area contributed by atoms with Gasteiger partial charge in [-0.25, -0.2) is 9.67 Å². The smallest absolute Gasteiger partial charge is 0.259 e. The van der Waals surface area contributed by atoms with Crippen LogP contribution in [-0.4, -0.2) is 20.7 Å². The molecule has 0 saturated carbocycles. The maximum absolute atomic E-state index is 13.0. The number of anilines is 1. The maximum atomic E-state index is 13.0. The van der Waals surface area contributed by atoms with Crippen LogP contribution in [0.15, 0.2) is 60.8 Å². The fourth-order valence-corrected chi connectivity index (χ4v) is 3.56. The summed E-state index contributed by atoms with van der Waals surface area (Å²) >= 11 is 0. The lowest BCUT2D eigenvalue weighted by molar-refractivity contribution is 0.102. The van der Waals surface area contributed by atoms with Gasteiger partial charge in [0.15, 0.2) is 5.82 Å². The first-order valence-electron chi connectivity index (χ1n) is 9.77. The first-order valence-corrected chi connectivity index (χ1v) is 9.77. The molecule has 0 aliphatic rings. The number of nitrogens with zero attached hydrogens (tertiary/aromatic N) is 3. The topological polar surface area (TPSA) is 59.8 Å². The van der Waals surface area contributed by atoms with E-state index in [1.807, 2.05) is 62.4 Å². The molecule has 0 unspecified atom stereocenters. The summed E-state index contributed by atoms with van der Waals surface area (Å²) in [7, 11) is 0. The number of benzene rings is 2.